The summed E-state index contributed by atoms with van der Waals surface area (Å²) in [5.41, 5.74) is -1.49. The van der Waals surface area contributed by atoms with Gasteiger partial charge in [0, 0.05) is 52.2 Å². The molecule has 4 aliphatic heterocycles. The monoisotopic (exact) mass is 1030 g/mol. The van der Waals surface area contributed by atoms with Gasteiger partial charge in [-0.05, 0) is 107 Å². The van der Waals surface area contributed by atoms with E-state index in [-0.39, 0.29) is 50.2 Å². The highest BCUT2D eigenvalue weighted by Crippen LogP contribution is 2.38. The number of carbonyl (C=O) groups excluding carboxylic acids is 3. The maximum absolute atomic E-state index is 13.4. The number of methoxy groups -OCH3 is 1. The van der Waals surface area contributed by atoms with Crippen LogP contribution in [0.1, 0.15) is 119 Å². The number of cyclic esters (lactones) is 1. The Balaban J connectivity index is 0.00000123. The second-order valence-corrected chi connectivity index (χ2v) is 20.4. The molecule has 0 spiro atoms. The molecular weight excluding hydrogens is 945 g/mol. The first-order chi connectivity index (χ1) is 33.8. The number of aldehydes is 1. The second-order valence-electron chi connectivity index (χ2n) is 20.4. The van der Waals surface area contributed by atoms with Crippen LogP contribution >= 0.6 is 0 Å². The number of hydrogen-bond acceptors (Lipinski definition) is 19. The zero-order chi connectivity index (χ0) is 54.0. The molecule has 72 heavy (non-hydrogen) atoms. The van der Waals surface area contributed by atoms with Crippen LogP contribution in [0.3, 0.4) is 0 Å². The number of allylic oxidation sites excluding steroid dienone is 2. The van der Waals surface area contributed by atoms with Crippen LogP contribution in [0, 0.1) is 11.8 Å². The van der Waals surface area contributed by atoms with E-state index in [1.54, 1.807) is 39.8 Å². The van der Waals surface area contributed by atoms with E-state index in [0.717, 1.165) is 12.7 Å². The van der Waals surface area contributed by atoms with Gasteiger partial charge in [0.15, 0.2) is 18.9 Å². The Morgan fingerprint density at radius 2 is 1.47 bits per heavy atom. The maximum atomic E-state index is 13.4. The third-order valence-corrected chi connectivity index (χ3v) is 13.7. The lowest BCUT2D eigenvalue weighted by Crippen LogP contribution is -2.65. The molecule has 3 fully saturated rings. The van der Waals surface area contributed by atoms with E-state index in [4.69, 9.17) is 52.8 Å². The van der Waals surface area contributed by atoms with Crippen LogP contribution < -0.4 is 0 Å². The van der Waals surface area contributed by atoms with Crippen LogP contribution in [0.5, 0.6) is 0 Å². The van der Waals surface area contributed by atoms with Crippen molar-refractivity contribution in [3.05, 3.63) is 24.3 Å². The topological polar surface area (TPSA) is 276 Å². The number of unbranched alkanes of at least 4 members (excludes halogenated alkanes) is 1. The zero-order valence-electron chi connectivity index (χ0n) is 44.4. The SMILES string of the molecule is CO[C@@H]1[C@@H](O[C@@H]2O[C@H](C)[C@@H](O[C@H]3C[C@@](C)(O)[C@@H](O)[C@H](C)O3)[C@H](N(C)C)[C@H]2O)[C@@H](CC=O)C[C@@H](C)[C@@H](O[C@H]2CC[C@H](N(C)C)[C@H](C)O2)/C=C/C=C/C[C@@H](C)OC(=O)C[C@H]1OC(C)=O.O=C(O)CCCCC(=O)O. The quantitative estimate of drug-likeness (QED) is 0.0791. The van der Waals surface area contributed by atoms with Crippen molar-refractivity contribution in [2.45, 2.75) is 223 Å². The molecule has 21 nitrogen and oxygen atoms in total. The van der Waals surface area contributed by atoms with E-state index in [1.165, 1.54) is 21.0 Å². The van der Waals surface area contributed by atoms with Gasteiger partial charge < -0.3 is 82.8 Å². The molecule has 0 saturated carbocycles. The summed E-state index contributed by atoms with van der Waals surface area (Å²) < 4.78 is 56.3. The predicted molar refractivity (Wildman–Crippen MR) is 260 cm³/mol. The number of aliphatic hydroxyl groups excluding tert-OH is 2. The van der Waals surface area contributed by atoms with Gasteiger partial charge in [-0.2, -0.15) is 0 Å². The first-order valence-electron chi connectivity index (χ1n) is 25.2. The van der Waals surface area contributed by atoms with E-state index in [2.05, 4.69) is 4.90 Å². The minimum atomic E-state index is -1.49. The van der Waals surface area contributed by atoms with Crippen molar-refractivity contribution in [3.63, 3.8) is 0 Å². The molecule has 0 unspecified atom stereocenters. The first kappa shape index (κ1) is 62.8. The van der Waals surface area contributed by atoms with Crippen molar-refractivity contribution in [1.82, 2.24) is 9.80 Å². The molecule has 0 aromatic heterocycles. The molecule has 4 rings (SSSR count). The number of nitrogens with zero attached hydrogens (tertiary/aromatic N) is 2. The molecule has 0 aromatic carbocycles. The van der Waals surface area contributed by atoms with Crippen molar-refractivity contribution >= 4 is 30.2 Å². The van der Waals surface area contributed by atoms with Crippen LogP contribution in [-0.4, -0.2) is 204 Å². The molecule has 21 heteroatoms. The van der Waals surface area contributed by atoms with Gasteiger partial charge in [-0.25, -0.2) is 0 Å². The van der Waals surface area contributed by atoms with E-state index in [0.29, 0.717) is 32.1 Å². The third kappa shape index (κ3) is 19.7. The van der Waals surface area contributed by atoms with Gasteiger partial charge >= 0.3 is 23.9 Å². The van der Waals surface area contributed by atoms with Crippen LogP contribution in [0.25, 0.3) is 0 Å². The summed E-state index contributed by atoms with van der Waals surface area (Å²) in [4.78, 5) is 62.5. The number of ether oxygens (including phenoxy) is 9. The minimum absolute atomic E-state index is 0.0293. The molecule has 0 aromatic rings. The average molecular weight is 1030 g/mol. The van der Waals surface area contributed by atoms with Crippen LogP contribution in [0.4, 0.5) is 0 Å². The van der Waals surface area contributed by atoms with Crippen LogP contribution in [-0.2, 0) is 66.6 Å². The molecule has 4 heterocycles. The van der Waals surface area contributed by atoms with Gasteiger partial charge in [-0.1, -0.05) is 31.2 Å². The number of carboxylic acids is 2. The number of hydrogen-bond donors (Lipinski definition) is 5. The first-order valence-corrected chi connectivity index (χ1v) is 25.2. The molecule has 0 amide bonds. The molecular formula is C51H86N2O19. The van der Waals surface area contributed by atoms with Crippen LogP contribution in [0.2, 0.25) is 0 Å². The Bertz CT molecular complexity index is 1730. The van der Waals surface area contributed by atoms with Gasteiger partial charge in [-0.15, -0.1) is 0 Å². The molecule has 19 atom stereocenters. The fraction of sp³-hybridized carbons (Fsp3) is 0.824. The molecule has 4 aliphatic rings. The lowest BCUT2D eigenvalue weighted by molar-refractivity contribution is -0.344. The summed E-state index contributed by atoms with van der Waals surface area (Å²) in [5, 5.41) is 49.9. The summed E-state index contributed by atoms with van der Waals surface area (Å²) in [7, 11) is 9.02. The summed E-state index contributed by atoms with van der Waals surface area (Å²) in [6, 6.07) is -0.509. The van der Waals surface area contributed by atoms with Crippen LogP contribution in [0.15, 0.2) is 24.3 Å². The molecule has 414 valence electrons. The normalized spacial score (nSPS) is 39.2. The van der Waals surface area contributed by atoms with Gasteiger partial charge in [0.2, 0.25) is 0 Å². The number of aliphatic carboxylic acids is 2. The third-order valence-electron chi connectivity index (χ3n) is 13.7. The van der Waals surface area contributed by atoms with Gasteiger partial charge in [0.1, 0.15) is 42.9 Å². The van der Waals surface area contributed by atoms with Gasteiger partial charge in [0.05, 0.1) is 48.6 Å². The van der Waals surface area contributed by atoms with E-state index in [1.807, 2.05) is 52.2 Å². The summed E-state index contributed by atoms with van der Waals surface area (Å²) in [5.74, 6) is -3.95. The Morgan fingerprint density at radius 3 is 2.01 bits per heavy atom. The standard InChI is InChI=1S/C45H76N2O15.C6H10O4/c1-25-22-31(20-21-48)41(62-44-39(51)38(47(10)11)40(28(4)58-44)61-37-24-45(7,53)43(52)29(5)57-37)42(54-12)34(59-30(6)49)23-35(50)55-26(2)16-14-13-15-17-33(25)60-36-19-18-32(46(8)9)27(3)56-36;7-5(8)3-1-2-4-6(9)10/h13-15,17,21,25-29,31-34,36-44,51-53H,16,18-20,22-24H2,1-12H3;1-4H2,(H,7,8)(H,9,10)/b14-13+,17-15+;/t25-,26-,27+,28-,29+,31+,32+,33+,34-,36+,37+,38-,39-,40-,41+,42+,43+,44+,45-;/m1./s1. The highest BCUT2D eigenvalue weighted by atomic mass is 16.7. The molecule has 3 saturated heterocycles. The van der Waals surface area contributed by atoms with Crippen molar-refractivity contribution in [3.8, 4) is 0 Å². The van der Waals surface area contributed by atoms with Crippen molar-refractivity contribution in [1.29, 1.82) is 0 Å². The predicted octanol–water partition coefficient (Wildman–Crippen LogP) is 3.61. The fourth-order valence-electron chi connectivity index (χ4n) is 9.96. The highest BCUT2D eigenvalue weighted by molar-refractivity contribution is 5.72. The van der Waals surface area contributed by atoms with Gasteiger partial charge in [-0.3, -0.25) is 19.2 Å². The highest BCUT2D eigenvalue weighted by Gasteiger charge is 2.52. The lowest BCUT2D eigenvalue weighted by atomic mass is 9.82. The number of rotatable bonds is 17. The Morgan fingerprint density at radius 1 is 0.833 bits per heavy atom. The Labute approximate surface area is 425 Å². The second kappa shape index (κ2) is 30.2. The molecule has 0 radical (unpaired) electrons. The van der Waals surface area contributed by atoms with Gasteiger partial charge in [0.25, 0.3) is 0 Å². The lowest BCUT2D eigenvalue weighted by Gasteiger charge is -2.50. The van der Waals surface area contributed by atoms with E-state index in [9.17, 15) is 39.3 Å². The average Bonchev–Trinajstić information content (AvgIpc) is 3.27. The number of carboxylic acid groups (broad SMARTS) is 2. The Kier molecular flexibility index (Phi) is 26.3. The number of carbonyl (C=O) groups is 5. The fourth-order valence-corrected chi connectivity index (χ4v) is 9.96. The van der Waals surface area contributed by atoms with E-state index < -0.39 is 121 Å². The van der Waals surface area contributed by atoms with Crippen molar-refractivity contribution < 1.29 is 92.1 Å². The van der Waals surface area contributed by atoms with Crippen molar-refractivity contribution in [2.24, 2.45) is 11.8 Å². The molecule has 5 N–H and O–H groups in total. The number of esters is 2. The zero-order valence-corrected chi connectivity index (χ0v) is 44.4. The maximum Gasteiger partial charge on any atom is 0.309 e. The molecule has 0 aliphatic carbocycles. The molecule has 0 bridgehead atoms. The summed E-state index contributed by atoms with van der Waals surface area (Å²) in [6.45, 7) is 12.0. The van der Waals surface area contributed by atoms with Crippen molar-refractivity contribution in [2.75, 3.05) is 35.3 Å². The minimum Gasteiger partial charge on any atom is -0.481 e. The Hall–Kier alpha value is -3.45. The summed E-state index contributed by atoms with van der Waals surface area (Å²) in [6.07, 6.45) is -0.788. The number of aliphatic hydroxyl groups is 3. The van der Waals surface area contributed by atoms with E-state index >= 15 is 0 Å². The summed E-state index contributed by atoms with van der Waals surface area (Å²) >= 11 is 0. The smallest absolute Gasteiger partial charge is 0.309 e. The largest absolute Gasteiger partial charge is 0.481 e. The number of likely N-dealkylation sites (N-methyl/N-ethyl adjacent to an activating group) is 2.